The molecule has 0 bridgehead atoms. The summed E-state index contributed by atoms with van der Waals surface area (Å²) in [6.45, 7) is 20.3. The molecule has 100 valence electrons. The largest absolute Gasteiger partial charge is 1.00 e. The highest BCUT2D eigenvalue weighted by Gasteiger charge is 2.38. The van der Waals surface area contributed by atoms with Crippen molar-refractivity contribution in [3.8, 4) is 0 Å². The van der Waals surface area contributed by atoms with Crippen LogP contribution in [-0.4, -0.2) is 61.3 Å². The highest BCUT2D eigenvalue weighted by atomic mass is 79.9. The van der Waals surface area contributed by atoms with Crippen molar-refractivity contribution in [1.29, 1.82) is 0 Å². The molecule has 0 unspecified atom stereocenters. The second-order valence-electron chi connectivity index (χ2n) is 4.84. The first-order valence-corrected chi connectivity index (χ1v) is 6.36. The molecule has 1 fully saturated rings. The second kappa shape index (κ2) is 8.06. The molecule has 1 aliphatic heterocycles. The van der Waals surface area contributed by atoms with Crippen molar-refractivity contribution in [3.63, 3.8) is 0 Å². The predicted molar refractivity (Wildman–Crippen MR) is 62.2 cm³/mol. The Balaban J connectivity index is 0. The van der Waals surface area contributed by atoms with E-state index in [0.29, 0.717) is 0 Å². The fourth-order valence-electron chi connectivity index (χ4n) is 2.78. The molecule has 16 heavy (non-hydrogen) atoms. The lowest BCUT2D eigenvalue weighted by Crippen LogP contribution is -3.00. The monoisotopic (exact) mass is 358 g/mol. The van der Waals surface area contributed by atoms with E-state index in [2.05, 4.69) is 27.7 Å². The van der Waals surface area contributed by atoms with Crippen LogP contribution < -0.4 is 34.0 Å². The van der Waals surface area contributed by atoms with Crippen LogP contribution in [0.2, 0.25) is 0 Å². The van der Waals surface area contributed by atoms with Gasteiger partial charge in [-0.1, -0.05) is 0 Å². The van der Waals surface area contributed by atoms with Gasteiger partial charge < -0.3 is 42.9 Å². The van der Waals surface area contributed by atoms with Crippen molar-refractivity contribution in [3.05, 3.63) is 0 Å². The first-order chi connectivity index (χ1) is 6.66. The van der Waals surface area contributed by atoms with E-state index in [1.807, 2.05) is 0 Å². The van der Waals surface area contributed by atoms with Crippen molar-refractivity contribution in [1.82, 2.24) is 0 Å². The molecule has 0 aliphatic carbocycles. The maximum Gasteiger partial charge on any atom is 0.129 e. The summed E-state index contributed by atoms with van der Waals surface area (Å²) in [5.74, 6) is 0. The standard InChI is InChI=1S/C12H28N2.2BrH/c1-5-13(6-2)9-11-14(7-3,8-4)12-10-13;;/h5-12H2,1-4H3;2*1H/q+2;;/p-2. The lowest BCUT2D eigenvalue weighted by atomic mass is 10.2. The normalized spacial score (nSPS) is 21.8. The number of quaternary nitrogens is 2. The van der Waals surface area contributed by atoms with Gasteiger partial charge in [0.15, 0.2) is 0 Å². The van der Waals surface area contributed by atoms with E-state index >= 15 is 0 Å². The van der Waals surface area contributed by atoms with Gasteiger partial charge in [0.2, 0.25) is 0 Å². The topological polar surface area (TPSA) is 0 Å². The van der Waals surface area contributed by atoms with Crippen molar-refractivity contribution in [2.75, 3.05) is 52.4 Å². The Hall–Kier alpha value is 0.880. The van der Waals surface area contributed by atoms with Gasteiger partial charge in [-0.25, -0.2) is 0 Å². The molecule has 2 nitrogen and oxygen atoms in total. The minimum absolute atomic E-state index is 0. The molecule has 4 heteroatoms. The third-order valence-electron chi connectivity index (χ3n) is 4.78. The van der Waals surface area contributed by atoms with Crippen molar-refractivity contribution >= 4 is 0 Å². The maximum absolute atomic E-state index is 2.35. The third-order valence-corrected chi connectivity index (χ3v) is 4.78. The molecule has 0 aromatic heterocycles. The Morgan fingerprint density at radius 1 is 0.562 bits per heavy atom. The summed E-state index contributed by atoms with van der Waals surface area (Å²) in [4.78, 5) is 0. The number of likely N-dealkylation sites (N-methyl/N-ethyl adjacent to an activating group) is 2. The molecule has 0 amide bonds. The number of piperazine rings is 1. The van der Waals surface area contributed by atoms with E-state index in [0.717, 1.165) is 0 Å². The van der Waals surface area contributed by atoms with Gasteiger partial charge in [-0.15, -0.1) is 0 Å². The summed E-state index contributed by atoms with van der Waals surface area (Å²) < 4.78 is 2.72. The average molecular weight is 360 g/mol. The highest BCUT2D eigenvalue weighted by molar-refractivity contribution is 4.52. The Morgan fingerprint density at radius 2 is 0.750 bits per heavy atom. The number of hydrogen-bond donors (Lipinski definition) is 0. The molecule has 1 saturated heterocycles. The van der Waals surface area contributed by atoms with E-state index in [-0.39, 0.29) is 34.0 Å². The SMILES string of the molecule is CC[N+]1(CC)CC[N+](CC)(CC)CC1.[Br-].[Br-]. The van der Waals surface area contributed by atoms with E-state index in [1.165, 1.54) is 61.3 Å². The average Bonchev–Trinajstić information content (AvgIpc) is 2.29. The van der Waals surface area contributed by atoms with Crippen LogP contribution in [0.5, 0.6) is 0 Å². The van der Waals surface area contributed by atoms with Crippen LogP contribution in [0.25, 0.3) is 0 Å². The van der Waals surface area contributed by atoms with Crippen LogP contribution in [0.4, 0.5) is 0 Å². The number of nitrogens with zero attached hydrogens (tertiary/aromatic N) is 2. The summed E-state index contributed by atoms with van der Waals surface area (Å²) >= 11 is 0. The number of halogens is 2. The quantitative estimate of drug-likeness (QED) is 0.446. The summed E-state index contributed by atoms with van der Waals surface area (Å²) in [5, 5.41) is 0. The minimum atomic E-state index is 0. The van der Waals surface area contributed by atoms with Gasteiger partial charge in [0.25, 0.3) is 0 Å². The Kier molecular flexibility index (Phi) is 9.69. The zero-order chi connectivity index (χ0) is 10.7. The zero-order valence-electron chi connectivity index (χ0n) is 11.3. The maximum atomic E-state index is 2.35. The van der Waals surface area contributed by atoms with E-state index < -0.39 is 0 Å². The van der Waals surface area contributed by atoms with Crippen LogP contribution in [0.1, 0.15) is 27.7 Å². The van der Waals surface area contributed by atoms with E-state index in [9.17, 15) is 0 Å². The molecule has 0 saturated carbocycles. The minimum Gasteiger partial charge on any atom is -1.00 e. The molecule has 1 heterocycles. The van der Waals surface area contributed by atoms with Gasteiger partial charge in [-0.3, -0.25) is 0 Å². The fraction of sp³-hybridized carbons (Fsp3) is 1.00. The van der Waals surface area contributed by atoms with Crippen molar-refractivity contribution < 1.29 is 42.9 Å². The summed E-state index contributed by atoms with van der Waals surface area (Å²) in [5.41, 5.74) is 0. The van der Waals surface area contributed by atoms with Gasteiger partial charge in [-0.05, 0) is 27.7 Å². The predicted octanol–water partition coefficient (Wildman–Crippen LogP) is -4.28. The summed E-state index contributed by atoms with van der Waals surface area (Å²) in [6.07, 6.45) is 0. The van der Waals surface area contributed by atoms with Gasteiger partial charge in [-0.2, -0.15) is 0 Å². The lowest BCUT2D eigenvalue weighted by molar-refractivity contribution is -1.03. The van der Waals surface area contributed by atoms with Gasteiger partial charge in [0, 0.05) is 0 Å². The third kappa shape index (κ3) is 3.97. The summed E-state index contributed by atoms with van der Waals surface area (Å²) in [6, 6.07) is 0. The molecular formula is C12H28Br2N2. The first kappa shape index (κ1) is 19.2. The van der Waals surface area contributed by atoms with Gasteiger partial charge in [0.05, 0.1) is 26.2 Å². The molecule has 0 radical (unpaired) electrons. The number of rotatable bonds is 4. The van der Waals surface area contributed by atoms with Crippen LogP contribution in [0.15, 0.2) is 0 Å². The van der Waals surface area contributed by atoms with Gasteiger partial charge >= 0.3 is 0 Å². The molecule has 0 N–H and O–H groups in total. The number of hydrogen-bond acceptors (Lipinski definition) is 0. The zero-order valence-corrected chi connectivity index (χ0v) is 14.5. The second-order valence-corrected chi connectivity index (χ2v) is 4.84. The molecule has 0 aromatic rings. The Morgan fingerprint density at radius 3 is 0.875 bits per heavy atom. The first-order valence-electron chi connectivity index (χ1n) is 6.36. The molecule has 1 aliphatic rings. The molecule has 0 aromatic carbocycles. The highest BCUT2D eigenvalue weighted by Crippen LogP contribution is 2.18. The van der Waals surface area contributed by atoms with Crippen molar-refractivity contribution in [2.24, 2.45) is 0 Å². The Labute approximate surface area is 123 Å². The smallest absolute Gasteiger partial charge is 0.129 e. The van der Waals surface area contributed by atoms with Gasteiger partial charge in [0.1, 0.15) is 26.2 Å². The van der Waals surface area contributed by atoms with Crippen LogP contribution >= 0.6 is 0 Å². The van der Waals surface area contributed by atoms with E-state index in [4.69, 9.17) is 0 Å². The molecule has 0 spiro atoms. The van der Waals surface area contributed by atoms with Crippen molar-refractivity contribution in [2.45, 2.75) is 27.7 Å². The fourth-order valence-corrected chi connectivity index (χ4v) is 2.78. The Bertz CT molecular complexity index is 146. The van der Waals surface area contributed by atoms with Crippen LogP contribution in [-0.2, 0) is 0 Å². The van der Waals surface area contributed by atoms with Crippen LogP contribution in [0.3, 0.4) is 0 Å². The lowest BCUT2D eigenvalue weighted by Gasteiger charge is -2.48. The summed E-state index contributed by atoms with van der Waals surface area (Å²) in [7, 11) is 0. The molecule has 1 rings (SSSR count). The van der Waals surface area contributed by atoms with Crippen LogP contribution in [0, 0.1) is 0 Å². The van der Waals surface area contributed by atoms with E-state index in [1.54, 1.807) is 0 Å². The molecular weight excluding hydrogens is 332 g/mol. The molecule has 0 atom stereocenters.